The van der Waals surface area contributed by atoms with Crippen molar-refractivity contribution in [3.05, 3.63) is 58.2 Å². The number of rotatable bonds is 13. The third-order valence-corrected chi connectivity index (χ3v) is 8.83. The van der Waals surface area contributed by atoms with Gasteiger partial charge in [0.1, 0.15) is 5.60 Å². The van der Waals surface area contributed by atoms with Crippen molar-refractivity contribution >= 4 is 5.97 Å². The third-order valence-electron chi connectivity index (χ3n) is 8.83. The highest BCUT2D eigenvalue weighted by Gasteiger charge is 2.56. The Morgan fingerprint density at radius 1 is 0.950 bits per heavy atom. The number of carbonyl (C=O) groups is 1. The van der Waals surface area contributed by atoms with Gasteiger partial charge in [0.2, 0.25) is 0 Å². The van der Waals surface area contributed by atoms with E-state index in [9.17, 15) is 9.90 Å². The summed E-state index contributed by atoms with van der Waals surface area (Å²) in [5.41, 5.74) is 5.84. The van der Waals surface area contributed by atoms with Crippen LogP contribution in [-0.2, 0) is 19.0 Å². The number of aliphatic hydroxyl groups is 1. The summed E-state index contributed by atoms with van der Waals surface area (Å²) < 4.78 is 17.9. The first-order valence-electron chi connectivity index (χ1n) is 15.5. The molecule has 3 aliphatic rings. The van der Waals surface area contributed by atoms with Gasteiger partial charge in [-0.1, -0.05) is 52.7 Å². The first-order chi connectivity index (χ1) is 19.1. The molecule has 40 heavy (non-hydrogen) atoms. The van der Waals surface area contributed by atoms with Gasteiger partial charge in [-0.15, -0.1) is 0 Å². The molecular formula is C35H54O5. The second-order valence-corrected chi connectivity index (χ2v) is 12.7. The van der Waals surface area contributed by atoms with E-state index < -0.39 is 17.5 Å². The summed E-state index contributed by atoms with van der Waals surface area (Å²) in [5.74, 6) is -0.810. The number of aliphatic hydroxyl groups excluding tert-OH is 1. The molecule has 224 valence electrons. The Morgan fingerprint density at radius 2 is 1.52 bits per heavy atom. The van der Waals surface area contributed by atoms with Crippen molar-refractivity contribution in [2.75, 3.05) is 13.7 Å². The summed E-state index contributed by atoms with van der Waals surface area (Å²) in [7, 11) is 1.40. The Hall–Kier alpha value is -1.95. The van der Waals surface area contributed by atoms with Crippen LogP contribution in [-0.4, -0.2) is 42.3 Å². The van der Waals surface area contributed by atoms with Gasteiger partial charge in [-0.25, -0.2) is 0 Å². The van der Waals surface area contributed by atoms with Gasteiger partial charge >= 0.3 is 5.97 Å². The Morgan fingerprint density at radius 3 is 2.10 bits per heavy atom. The molecule has 0 bridgehead atoms. The van der Waals surface area contributed by atoms with E-state index in [4.69, 9.17) is 14.2 Å². The van der Waals surface area contributed by atoms with Gasteiger partial charge in [0, 0.05) is 12.8 Å². The maximum atomic E-state index is 12.2. The molecule has 0 amide bonds. The molecular weight excluding hydrogens is 500 g/mol. The minimum Gasteiger partial charge on any atom is -0.469 e. The average Bonchev–Trinajstić information content (AvgIpc) is 3.51. The number of ether oxygens (including phenoxy) is 3. The quantitative estimate of drug-likeness (QED) is 0.183. The largest absolute Gasteiger partial charge is 0.469 e. The molecule has 1 saturated heterocycles. The Labute approximate surface area is 243 Å². The van der Waals surface area contributed by atoms with Crippen LogP contribution in [0.3, 0.4) is 0 Å². The van der Waals surface area contributed by atoms with Crippen molar-refractivity contribution in [2.45, 2.75) is 136 Å². The average molecular weight is 555 g/mol. The smallest absolute Gasteiger partial charge is 0.309 e. The van der Waals surface area contributed by atoms with Gasteiger partial charge in [0.05, 0.1) is 26.2 Å². The highest BCUT2D eigenvalue weighted by Crippen LogP contribution is 2.51. The fourth-order valence-corrected chi connectivity index (χ4v) is 6.26. The molecule has 1 aliphatic heterocycles. The van der Waals surface area contributed by atoms with Crippen molar-refractivity contribution < 1.29 is 24.1 Å². The first kappa shape index (κ1) is 32.6. The maximum absolute atomic E-state index is 12.2. The molecule has 0 unspecified atom stereocenters. The first-order valence-corrected chi connectivity index (χ1v) is 15.5. The van der Waals surface area contributed by atoms with Crippen LogP contribution in [0.15, 0.2) is 58.2 Å². The molecule has 1 N–H and O–H groups in total. The lowest BCUT2D eigenvalue weighted by Crippen LogP contribution is -2.45. The normalized spacial score (nSPS) is 26.9. The zero-order valence-electron chi connectivity index (χ0n) is 26.0. The van der Waals surface area contributed by atoms with Crippen LogP contribution >= 0.6 is 0 Å². The van der Waals surface area contributed by atoms with Crippen LogP contribution < -0.4 is 0 Å². The topological polar surface area (TPSA) is 65.0 Å². The van der Waals surface area contributed by atoms with E-state index in [-0.39, 0.29) is 18.3 Å². The van der Waals surface area contributed by atoms with Crippen LogP contribution in [0.2, 0.25) is 0 Å². The standard InChI is InChI=1S/C35H54O5/c1-26(2)12-9-13-27(3)14-10-15-28(4)16-11-17-29(5)18-19-30-24-34(25-39-35(40-34)20-7-8-21-35)31(22-32(30)36)23-33(37)38-6/h12,14,16,18,22,30,32,36H,7-11,13,15,17,19-21,23-25H2,1-6H3/b27-14+,28-16+,29-18+/t30-,32+,34-/m1/s1. The molecule has 0 aromatic rings. The predicted molar refractivity (Wildman–Crippen MR) is 163 cm³/mol. The molecule has 2 aliphatic carbocycles. The van der Waals surface area contributed by atoms with E-state index in [0.717, 1.165) is 76.2 Å². The highest BCUT2D eigenvalue weighted by atomic mass is 16.8. The molecule has 3 rings (SSSR count). The van der Waals surface area contributed by atoms with Crippen molar-refractivity contribution in [3.8, 4) is 0 Å². The molecule has 0 aromatic heterocycles. The van der Waals surface area contributed by atoms with E-state index in [1.807, 2.05) is 6.08 Å². The van der Waals surface area contributed by atoms with Gasteiger partial charge in [0.15, 0.2) is 5.79 Å². The Balaban J connectivity index is 1.52. The molecule has 1 saturated carbocycles. The van der Waals surface area contributed by atoms with Gasteiger partial charge in [-0.2, -0.15) is 0 Å². The molecule has 3 atom stereocenters. The summed E-state index contributed by atoms with van der Waals surface area (Å²) >= 11 is 0. The van der Waals surface area contributed by atoms with E-state index in [2.05, 4.69) is 58.9 Å². The minimum absolute atomic E-state index is 0.0283. The fourth-order valence-electron chi connectivity index (χ4n) is 6.26. The zero-order valence-corrected chi connectivity index (χ0v) is 26.0. The van der Waals surface area contributed by atoms with E-state index in [1.54, 1.807) is 0 Å². The minimum atomic E-state index is -0.650. The van der Waals surface area contributed by atoms with Crippen LogP contribution in [0, 0.1) is 5.92 Å². The van der Waals surface area contributed by atoms with E-state index in [1.165, 1.54) is 29.4 Å². The zero-order chi connectivity index (χ0) is 29.2. The molecule has 5 heteroatoms. The summed E-state index contributed by atoms with van der Waals surface area (Å²) in [6.45, 7) is 11.4. The lowest BCUT2D eigenvalue weighted by molar-refractivity contribution is -0.181. The van der Waals surface area contributed by atoms with Crippen LogP contribution in [0.4, 0.5) is 0 Å². The number of hydrogen-bond acceptors (Lipinski definition) is 5. The summed E-state index contributed by atoms with van der Waals surface area (Å²) in [6.07, 6.45) is 22.7. The number of carbonyl (C=O) groups excluding carboxylic acids is 1. The number of allylic oxidation sites excluding steroid dienone is 8. The fraction of sp³-hybridized carbons (Fsp3) is 0.686. The van der Waals surface area contributed by atoms with Crippen molar-refractivity contribution in [2.24, 2.45) is 5.92 Å². The summed E-state index contributed by atoms with van der Waals surface area (Å²) in [5, 5.41) is 11.0. The monoisotopic (exact) mass is 554 g/mol. The summed E-state index contributed by atoms with van der Waals surface area (Å²) in [6, 6.07) is 0. The lowest BCUT2D eigenvalue weighted by atomic mass is 9.74. The van der Waals surface area contributed by atoms with Crippen molar-refractivity contribution in [1.82, 2.24) is 0 Å². The Kier molecular flexibility index (Phi) is 12.5. The predicted octanol–water partition coefficient (Wildman–Crippen LogP) is 8.45. The molecule has 2 fully saturated rings. The molecule has 0 aromatic carbocycles. The summed E-state index contributed by atoms with van der Waals surface area (Å²) in [4.78, 5) is 12.2. The van der Waals surface area contributed by atoms with E-state index in [0.29, 0.717) is 13.0 Å². The second-order valence-electron chi connectivity index (χ2n) is 12.7. The SMILES string of the molecule is COC(=O)CC1=C[C@H](O)[C@H](C/C=C(\C)CC/C=C(\C)CC/C=C(\C)CCC=C(C)C)C[C@@]12COC1(CCCC1)O2. The lowest BCUT2D eigenvalue weighted by Gasteiger charge is -2.40. The third kappa shape index (κ3) is 9.56. The van der Waals surface area contributed by atoms with Crippen molar-refractivity contribution in [1.29, 1.82) is 0 Å². The highest BCUT2D eigenvalue weighted by molar-refractivity contribution is 5.73. The van der Waals surface area contributed by atoms with Crippen LogP contribution in [0.1, 0.15) is 118 Å². The number of methoxy groups -OCH3 is 1. The van der Waals surface area contributed by atoms with Gasteiger partial charge in [-0.3, -0.25) is 4.79 Å². The number of esters is 1. The van der Waals surface area contributed by atoms with Gasteiger partial charge in [0.25, 0.3) is 0 Å². The van der Waals surface area contributed by atoms with E-state index >= 15 is 0 Å². The van der Waals surface area contributed by atoms with Crippen LogP contribution in [0.25, 0.3) is 0 Å². The molecule has 1 heterocycles. The number of hydrogen-bond donors (Lipinski definition) is 1. The molecule has 5 nitrogen and oxygen atoms in total. The molecule has 2 spiro atoms. The Bertz CT molecular complexity index is 1000. The van der Waals surface area contributed by atoms with Crippen LogP contribution in [0.5, 0.6) is 0 Å². The van der Waals surface area contributed by atoms with Crippen molar-refractivity contribution in [3.63, 3.8) is 0 Å². The van der Waals surface area contributed by atoms with Gasteiger partial charge in [-0.05, 0) is 110 Å². The maximum Gasteiger partial charge on any atom is 0.309 e. The molecule has 0 radical (unpaired) electrons. The second kappa shape index (κ2) is 15.3. The van der Waals surface area contributed by atoms with Gasteiger partial charge < -0.3 is 19.3 Å².